The van der Waals surface area contributed by atoms with Crippen LogP contribution >= 0.6 is 0 Å². The zero-order valence-corrected chi connectivity index (χ0v) is 27.6. The van der Waals surface area contributed by atoms with Gasteiger partial charge in [0.15, 0.2) is 0 Å². The lowest BCUT2D eigenvalue weighted by atomic mass is 10.00. The third-order valence-electron chi connectivity index (χ3n) is 10.5. The number of furan rings is 1. The van der Waals surface area contributed by atoms with E-state index in [4.69, 9.17) is 4.42 Å². The minimum atomic E-state index is 0.909. The number of hydrogen-bond acceptors (Lipinski definition) is 1. The topological polar surface area (TPSA) is 23.0 Å². The molecule has 238 valence electrons. The lowest BCUT2D eigenvalue weighted by Crippen LogP contribution is -1.96. The van der Waals surface area contributed by atoms with E-state index in [0.29, 0.717) is 0 Å². The normalized spacial score (nSPS) is 11.9. The van der Waals surface area contributed by atoms with Crippen LogP contribution in [0, 0.1) is 0 Å². The summed E-state index contributed by atoms with van der Waals surface area (Å²) in [5.41, 5.74) is 13.6. The first-order valence-corrected chi connectivity index (χ1v) is 17.4. The van der Waals surface area contributed by atoms with Gasteiger partial charge in [-0.2, -0.15) is 0 Å². The second-order valence-electron chi connectivity index (χ2n) is 13.3. The highest BCUT2D eigenvalue weighted by Gasteiger charge is 2.22. The third-order valence-corrected chi connectivity index (χ3v) is 10.5. The van der Waals surface area contributed by atoms with Crippen LogP contribution in [0.1, 0.15) is 0 Å². The van der Waals surface area contributed by atoms with Gasteiger partial charge in [0.2, 0.25) is 0 Å². The Bertz CT molecular complexity index is 3110. The minimum Gasteiger partial charge on any atom is -0.456 e. The van der Waals surface area contributed by atoms with E-state index in [1.165, 1.54) is 60.3 Å². The van der Waals surface area contributed by atoms with Gasteiger partial charge in [0.1, 0.15) is 11.2 Å². The smallest absolute Gasteiger partial charge is 0.136 e. The number of fused-ring (bicyclic) bond motifs is 10. The van der Waals surface area contributed by atoms with Crippen molar-refractivity contribution in [1.29, 1.82) is 0 Å². The maximum absolute atomic E-state index is 6.41. The van der Waals surface area contributed by atoms with Gasteiger partial charge in [0, 0.05) is 43.7 Å². The van der Waals surface area contributed by atoms with Gasteiger partial charge in [0.05, 0.1) is 22.1 Å². The lowest BCUT2D eigenvalue weighted by molar-refractivity contribution is 0.669. The van der Waals surface area contributed by atoms with Crippen molar-refractivity contribution in [3.05, 3.63) is 182 Å². The van der Waals surface area contributed by atoms with Gasteiger partial charge in [-0.05, 0) is 82.9 Å². The highest BCUT2D eigenvalue weighted by atomic mass is 16.3. The SMILES string of the molecule is c1ccc(-c2ccc(-c3cccc(-n4c5ccccc5c5cc6c7c8c(ccc7n(-c7ccccc7)c6cc54)oc4ccccc48)c3)cc2)cc1. The molecule has 0 bridgehead atoms. The monoisotopic (exact) mass is 650 g/mol. The molecule has 0 aliphatic rings. The molecule has 0 saturated carbocycles. The van der Waals surface area contributed by atoms with Crippen LogP contribution in [0.5, 0.6) is 0 Å². The summed E-state index contributed by atoms with van der Waals surface area (Å²) in [7, 11) is 0. The summed E-state index contributed by atoms with van der Waals surface area (Å²) >= 11 is 0. The van der Waals surface area contributed by atoms with E-state index in [1.54, 1.807) is 0 Å². The molecule has 8 aromatic carbocycles. The molecular formula is C48H30N2O. The highest BCUT2D eigenvalue weighted by molar-refractivity contribution is 6.29. The van der Waals surface area contributed by atoms with Crippen LogP contribution in [-0.2, 0) is 0 Å². The van der Waals surface area contributed by atoms with E-state index < -0.39 is 0 Å². The van der Waals surface area contributed by atoms with Crippen molar-refractivity contribution in [2.24, 2.45) is 0 Å². The molecule has 0 atom stereocenters. The number of para-hydroxylation sites is 3. The number of rotatable bonds is 4. The molecule has 0 spiro atoms. The number of nitrogens with zero attached hydrogens (tertiary/aromatic N) is 2. The Labute approximate surface area is 293 Å². The fraction of sp³-hybridized carbons (Fsp3) is 0. The van der Waals surface area contributed by atoms with Crippen molar-refractivity contribution in [3.63, 3.8) is 0 Å². The van der Waals surface area contributed by atoms with Crippen LogP contribution in [0.25, 0.3) is 99.2 Å². The molecule has 0 amide bonds. The average Bonchev–Trinajstić information content (AvgIpc) is 3.85. The van der Waals surface area contributed by atoms with Crippen molar-refractivity contribution >= 4 is 65.6 Å². The second kappa shape index (κ2) is 10.8. The van der Waals surface area contributed by atoms with Crippen LogP contribution in [-0.4, -0.2) is 9.13 Å². The van der Waals surface area contributed by atoms with Crippen molar-refractivity contribution in [2.45, 2.75) is 0 Å². The van der Waals surface area contributed by atoms with E-state index in [-0.39, 0.29) is 0 Å². The molecule has 3 aromatic heterocycles. The van der Waals surface area contributed by atoms with E-state index in [9.17, 15) is 0 Å². The number of benzene rings is 8. The zero-order valence-electron chi connectivity index (χ0n) is 27.6. The van der Waals surface area contributed by atoms with Gasteiger partial charge in [-0.3, -0.25) is 0 Å². The van der Waals surface area contributed by atoms with Gasteiger partial charge in [-0.1, -0.05) is 121 Å². The molecule has 0 unspecified atom stereocenters. The molecule has 51 heavy (non-hydrogen) atoms. The first-order chi connectivity index (χ1) is 25.3. The Morgan fingerprint density at radius 3 is 1.73 bits per heavy atom. The molecule has 11 aromatic rings. The molecule has 11 rings (SSSR count). The number of hydrogen-bond donors (Lipinski definition) is 0. The van der Waals surface area contributed by atoms with Gasteiger partial charge in [-0.25, -0.2) is 0 Å². The van der Waals surface area contributed by atoms with Crippen molar-refractivity contribution in [3.8, 4) is 33.6 Å². The van der Waals surface area contributed by atoms with Crippen molar-refractivity contribution in [1.82, 2.24) is 9.13 Å². The minimum absolute atomic E-state index is 0.909. The van der Waals surface area contributed by atoms with Gasteiger partial charge in [0.25, 0.3) is 0 Å². The Hall–Kier alpha value is -6.84. The summed E-state index contributed by atoms with van der Waals surface area (Å²) in [4.78, 5) is 0. The van der Waals surface area contributed by atoms with E-state index in [1.807, 2.05) is 6.07 Å². The lowest BCUT2D eigenvalue weighted by Gasteiger charge is -2.12. The van der Waals surface area contributed by atoms with Crippen LogP contribution in [0.3, 0.4) is 0 Å². The van der Waals surface area contributed by atoms with E-state index in [2.05, 4.69) is 185 Å². The largest absolute Gasteiger partial charge is 0.456 e. The van der Waals surface area contributed by atoms with E-state index >= 15 is 0 Å². The predicted molar refractivity (Wildman–Crippen MR) is 213 cm³/mol. The summed E-state index contributed by atoms with van der Waals surface area (Å²) in [5, 5.41) is 7.20. The maximum Gasteiger partial charge on any atom is 0.136 e. The zero-order chi connectivity index (χ0) is 33.5. The Morgan fingerprint density at radius 1 is 0.294 bits per heavy atom. The first kappa shape index (κ1) is 28.0. The summed E-state index contributed by atoms with van der Waals surface area (Å²) in [6, 6.07) is 65.4. The van der Waals surface area contributed by atoms with Crippen LogP contribution in [0.2, 0.25) is 0 Å². The number of aromatic nitrogens is 2. The Balaban J connectivity index is 1.19. The molecule has 0 saturated heterocycles. The Morgan fingerprint density at radius 2 is 0.902 bits per heavy atom. The second-order valence-corrected chi connectivity index (χ2v) is 13.3. The van der Waals surface area contributed by atoms with Gasteiger partial charge in [-0.15, -0.1) is 0 Å². The summed E-state index contributed by atoms with van der Waals surface area (Å²) in [6.07, 6.45) is 0. The van der Waals surface area contributed by atoms with Crippen molar-refractivity contribution in [2.75, 3.05) is 0 Å². The first-order valence-electron chi connectivity index (χ1n) is 17.4. The predicted octanol–water partition coefficient (Wildman–Crippen LogP) is 13.1. The van der Waals surface area contributed by atoms with Gasteiger partial charge < -0.3 is 13.6 Å². The van der Waals surface area contributed by atoms with Crippen LogP contribution < -0.4 is 0 Å². The molecular weight excluding hydrogens is 621 g/mol. The average molecular weight is 651 g/mol. The molecule has 3 heterocycles. The van der Waals surface area contributed by atoms with E-state index in [0.717, 1.165) is 38.8 Å². The standard InChI is InChI=1S/C48H30N2O/c1-3-12-31(13-4-1)32-22-24-33(25-23-32)34-14-11-17-36(28-34)50-41-20-9-7-18-37(41)39-29-40-44(30-43(39)50)49(35-15-5-2-6-16-35)42-26-27-46-48(47(40)42)38-19-8-10-21-45(38)51-46/h1-30H. The summed E-state index contributed by atoms with van der Waals surface area (Å²) < 4.78 is 11.3. The molecule has 3 nitrogen and oxygen atoms in total. The highest BCUT2D eigenvalue weighted by Crippen LogP contribution is 2.44. The fourth-order valence-corrected chi connectivity index (χ4v) is 8.23. The Kier molecular flexibility index (Phi) is 5.96. The third kappa shape index (κ3) is 4.19. The molecule has 0 N–H and O–H groups in total. The summed E-state index contributed by atoms with van der Waals surface area (Å²) in [6.45, 7) is 0. The van der Waals surface area contributed by atoms with Crippen LogP contribution in [0.15, 0.2) is 186 Å². The maximum atomic E-state index is 6.41. The van der Waals surface area contributed by atoms with Crippen LogP contribution in [0.4, 0.5) is 0 Å². The summed E-state index contributed by atoms with van der Waals surface area (Å²) in [5.74, 6) is 0. The molecule has 0 radical (unpaired) electrons. The molecule has 0 aliphatic carbocycles. The molecule has 0 aliphatic heterocycles. The van der Waals surface area contributed by atoms with Gasteiger partial charge >= 0.3 is 0 Å². The fourth-order valence-electron chi connectivity index (χ4n) is 8.23. The quantitative estimate of drug-likeness (QED) is 0.186. The van der Waals surface area contributed by atoms with Crippen molar-refractivity contribution < 1.29 is 4.42 Å². The molecule has 3 heteroatoms. The molecule has 0 fully saturated rings.